The SMILES string of the molecule is COc1ccc(C(=O)Nc2ccc3nn(-c4ccccc4)nc3c2)cc1OC. The Morgan fingerprint density at radius 1 is 0.857 bits per heavy atom. The van der Waals surface area contributed by atoms with Crippen LogP contribution >= 0.6 is 0 Å². The van der Waals surface area contributed by atoms with Crippen LogP contribution in [0.4, 0.5) is 5.69 Å². The average molecular weight is 374 g/mol. The average Bonchev–Trinajstić information content (AvgIpc) is 3.17. The van der Waals surface area contributed by atoms with Crippen molar-refractivity contribution in [3.8, 4) is 17.2 Å². The van der Waals surface area contributed by atoms with Crippen molar-refractivity contribution in [1.29, 1.82) is 0 Å². The summed E-state index contributed by atoms with van der Waals surface area (Å²) in [7, 11) is 3.08. The number of rotatable bonds is 5. The Kier molecular flexibility index (Phi) is 4.63. The minimum atomic E-state index is -0.254. The molecule has 0 aliphatic heterocycles. The lowest BCUT2D eigenvalue weighted by molar-refractivity contribution is 0.102. The molecule has 0 bridgehead atoms. The van der Waals surface area contributed by atoms with Crippen molar-refractivity contribution in [2.45, 2.75) is 0 Å². The first-order valence-electron chi connectivity index (χ1n) is 8.64. The number of hydrogen-bond donors (Lipinski definition) is 1. The summed E-state index contributed by atoms with van der Waals surface area (Å²) in [5.74, 6) is 0.810. The highest BCUT2D eigenvalue weighted by atomic mass is 16.5. The quantitative estimate of drug-likeness (QED) is 0.576. The second-order valence-corrected chi connectivity index (χ2v) is 6.05. The monoisotopic (exact) mass is 374 g/mol. The first-order chi connectivity index (χ1) is 13.7. The molecular weight excluding hydrogens is 356 g/mol. The summed E-state index contributed by atoms with van der Waals surface area (Å²) in [6, 6.07) is 20.1. The molecule has 1 aromatic heterocycles. The molecule has 0 saturated heterocycles. The van der Waals surface area contributed by atoms with Gasteiger partial charge < -0.3 is 14.8 Å². The molecule has 0 radical (unpaired) electrons. The summed E-state index contributed by atoms with van der Waals surface area (Å²) in [5, 5.41) is 11.8. The summed E-state index contributed by atoms with van der Waals surface area (Å²) in [6.07, 6.45) is 0. The Hall–Kier alpha value is -3.87. The highest BCUT2D eigenvalue weighted by Gasteiger charge is 2.12. The van der Waals surface area contributed by atoms with E-state index in [9.17, 15) is 4.79 Å². The van der Waals surface area contributed by atoms with Crippen LogP contribution in [0, 0.1) is 0 Å². The van der Waals surface area contributed by atoms with Crippen molar-refractivity contribution in [2.75, 3.05) is 19.5 Å². The van der Waals surface area contributed by atoms with Gasteiger partial charge >= 0.3 is 0 Å². The molecule has 28 heavy (non-hydrogen) atoms. The highest BCUT2D eigenvalue weighted by molar-refractivity contribution is 6.05. The van der Waals surface area contributed by atoms with Gasteiger partial charge in [-0.15, -0.1) is 10.2 Å². The minimum absolute atomic E-state index is 0.254. The Labute approximate surface area is 161 Å². The maximum Gasteiger partial charge on any atom is 0.255 e. The van der Waals surface area contributed by atoms with E-state index < -0.39 is 0 Å². The zero-order valence-corrected chi connectivity index (χ0v) is 15.4. The zero-order chi connectivity index (χ0) is 19.5. The van der Waals surface area contributed by atoms with Gasteiger partial charge in [0.1, 0.15) is 11.0 Å². The van der Waals surface area contributed by atoms with Gasteiger partial charge in [0, 0.05) is 11.3 Å². The minimum Gasteiger partial charge on any atom is -0.493 e. The van der Waals surface area contributed by atoms with Gasteiger partial charge in [-0.25, -0.2) is 0 Å². The van der Waals surface area contributed by atoms with E-state index in [1.807, 2.05) is 36.4 Å². The topological polar surface area (TPSA) is 78.3 Å². The summed E-state index contributed by atoms with van der Waals surface area (Å²) in [6.45, 7) is 0. The predicted octanol–water partition coefficient (Wildman–Crippen LogP) is 3.69. The molecule has 140 valence electrons. The molecule has 7 heteroatoms. The zero-order valence-electron chi connectivity index (χ0n) is 15.4. The third kappa shape index (κ3) is 3.37. The third-order valence-corrected chi connectivity index (χ3v) is 4.27. The standard InChI is InChI=1S/C21H18N4O3/c1-27-19-11-8-14(12-20(19)28-2)21(26)22-15-9-10-17-18(13-15)24-25(23-17)16-6-4-3-5-7-16/h3-13H,1-2H3,(H,22,26). The first kappa shape index (κ1) is 17.5. The fraction of sp³-hybridized carbons (Fsp3) is 0.0952. The first-order valence-corrected chi connectivity index (χ1v) is 8.64. The van der Waals surface area contributed by atoms with E-state index in [1.165, 1.54) is 7.11 Å². The maximum absolute atomic E-state index is 12.6. The molecule has 0 saturated carbocycles. The fourth-order valence-corrected chi connectivity index (χ4v) is 2.85. The highest BCUT2D eigenvalue weighted by Crippen LogP contribution is 2.28. The van der Waals surface area contributed by atoms with Crippen molar-refractivity contribution in [2.24, 2.45) is 0 Å². The Balaban J connectivity index is 1.58. The van der Waals surface area contributed by atoms with Crippen molar-refractivity contribution in [3.05, 3.63) is 72.3 Å². The lowest BCUT2D eigenvalue weighted by Gasteiger charge is -2.10. The van der Waals surface area contributed by atoms with Gasteiger partial charge in [0.15, 0.2) is 11.5 Å². The molecule has 0 fully saturated rings. The van der Waals surface area contributed by atoms with Crippen LogP contribution in [0.5, 0.6) is 11.5 Å². The molecule has 1 N–H and O–H groups in total. The van der Waals surface area contributed by atoms with E-state index >= 15 is 0 Å². The van der Waals surface area contributed by atoms with Gasteiger partial charge in [0.05, 0.1) is 19.9 Å². The summed E-state index contributed by atoms with van der Waals surface area (Å²) >= 11 is 0. The molecule has 0 unspecified atom stereocenters. The molecule has 0 aliphatic rings. The molecular formula is C21H18N4O3. The Bertz CT molecular complexity index is 1140. The van der Waals surface area contributed by atoms with Crippen LogP contribution in [-0.2, 0) is 0 Å². The van der Waals surface area contributed by atoms with E-state index in [2.05, 4.69) is 15.5 Å². The second kappa shape index (κ2) is 7.40. The molecule has 0 spiro atoms. The summed E-state index contributed by atoms with van der Waals surface area (Å²) in [4.78, 5) is 14.2. The van der Waals surface area contributed by atoms with Gasteiger partial charge in [0.2, 0.25) is 0 Å². The summed E-state index contributed by atoms with van der Waals surface area (Å²) in [5.41, 5.74) is 3.40. The number of para-hydroxylation sites is 1. The van der Waals surface area contributed by atoms with Crippen LogP contribution in [0.1, 0.15) is 10.4 Å². The molecule has 0 atom stereocenters. The van der Waals surface area contributed by atoms with Gasteiger partial charge in [0.25, 0.3) is 5.91 Å². The largest absolute Gasteiger partial charge is 0.493 e. The van der Waals surface area contributed by atoms with Gasteiger partial charge in [-0.3, -0.25) is 4.79 Å². The number of methoxy groups -OCH3 is 2. The fourth-order valence-electron chi connectivity index (χ4n) is 2.85. The van der Waals surface area contributed by atoms with E-state index in [0.717, 1.165) is 11.2 Å². The van der Waals surface area contributed by atoms with Crippen LogP contribution in [0.3, 0.4) is 0 Å². The molecule has 7 nitrogen and oxygen atoms in total. The van der Waals surface area contributed by atoms with E-state index in [4.69, 9.17) is 9.47 Å². The Morgan fingerprint density at radius 2 is 1.61 bits per heavy atom. The molecule has 0 aliphatic carbocycles. The van der Waals surface area contributed by atoms with E-state index in [-0.39, 0.29) is 5.91 Å². The lowest BCUT2D eigenvalue weighted by Crippen LogP contribution is -2.12. The molecule has 3 aromatic carbocycles. The molecule has 1 amide bonds. The van der Waals surface area contributed by atoms with Gasteiger partial charge in [-0.2, -0.15) is 4.80 Å². The normalized spacial score (nSPS) is 10.6. The number of amides is 1. The second-order valence-electron chi connectivity index (χ2n) is 6.05. The van der Waals surface area contributed by atoms with Crippen LogP contribution < -0.4 is 14.8 Å². The number of hydrogen-bond acceptors (Lipinski definition) is 5. The smallest absolute Gasteiger partial charge is 0.255 e. The van der Waals surface area contributed by atoms with Crippen LogP contribution in [0.2, 0.25) is 0 Å². The predicted molar refractivity (Wildman–Crippen MR) is 106 cm³/mol. The van der Waals surface area contributed by atoms with E-state index in [0.29, 0.717) is 28.3 Å². The molecule has 4 aromatic rings. The van der Waals surface area contributed by atoms with Crippen molar-refractivity contribution < 1.29 is 14.3 Å². The number of carbonyl (C=O) groups is 1. The third-order valence-electron chi connectivity index (χ3n) is 4.27. The number of nitrogens with one attached hydrogen (secondary N) is 1. The number of carbonyl (C=O) groups excluding carboxylic acids is 1. The number of benzene rings is 3. The molecule has 4 rings (SSSR count). The van der Waals surface area contributed by atoms with Gasteiger partial charge in [-0.05, 0) is 48.5 Å². The van der Waals surface area contributed by atoms with Crippen molar-refractivity contribution >= 4 is 22.6 Å². The Morgan fingerprint density at radius 3 is 2.36 bits per heavy atom. The van der Waals surface area contributed by atoms with Crippen molar-refractivity contribution in [3.63, 3.8) is 0 Å². The molecule has 1 heterocycles. The number of fused-ring (bicyclic) bond motifs is 1. The van der Waals surface area contributed by atoms with Gasteiger partial charge in [-0.1, -0.05) is 18.2 Å². The number of anilines is 1. The number of ether oxygens (including phenoxy) is 2. The van der Waals surface area contributed by atoms with Crippen LogP contribution in [0.15, 0.2) is 66.7 Å². The number of aromatic nitrogens is 3. The summed E-state index contributed by atoms with van der Waals surface area (Å²) < 4.78 is 10.5. The maximum atomic E-state index is 12.6. The van der Waals surface area contributed by atoms with Crippen LogP contribution in [-0.4, -0.2) is 35.1 Å². The van der Waals surface area contributed by atoms with Crippen molar-refractivity contribution in [1.82, 2.24) is 15.0 Å². The lowest BCUT2D eigenvalue weighted by atomic mass is 10.1. The van der Waals surface area contributed by atoms with Crippen LogP contribution in [0.25, 0.3) is 16.7 Å². The number of nitrogens with zero attached hydrogens (tertiary/aromatic N) is 3. The van der Waals surface area contributed by atoms with E-state index in [1.54, 1.807) is 42.2 Å².